The molecule has 0 saturated carbocycles. The van der Waals surface area contributed by atoms with E-state index in [2.05, 4.69) is 0 Å². The Morgan fingerprint density at radius 1 is 1.25 bits per heavy atom. The molecule has 0 saturated heterocycles. The number of methoxy groups -OCH3 is 1. The van der Waals surface area contributed by atoms with E-state index in [1.165, 1.54) is 23.1 Å². The summed E-state index contributed by atoms with van der Waals surface area (Å²) in [6, 6.07) is 11.0. The van der Waals surface area contributed by atoms with Gasteiger partial charge in [0.2, 0.25) is 0 Å². The predicted octanol–water partition coefficient (Wildman–Crippen LogP) is 4.09. The Balaban J connectivity index is 2.23. The van der Waals surface area contributed by atoms with Gasteiger partial charge in [-0.1, -0.05) is 23.7 Å². The van der Waals surface area contributed by atoms with Crippen LogP contribution in [0.5, 0.6) is 5.75 Å². The first-order valence-corrected chi connectivity index (χ1v) is 7.58. The Bertz CT molecular complexity index is 762. The zero-order chi connectivity index (χ0) is 17.9. The number of nitrogens with zero attached hydrogens (tertiary/aromatic N) is 2. The third kappa shape index (κ3) is 3.65. The molecule has 126 valence electrons. The van der Waals surface area contributed by atoms with Crippen LogP contribution < -0.4 is 4.74 Å². The number of non-ortho nitro benzene ring substituents is 1. The van der Waals surface area contributed by atoms with Gasteiger partial charge >= 0.3 is 0 Å². The van der Waals surface area contributed by atoms with Gasteiger partial charge in [-0.05, 0) is 30.7 Å². The van der Waals surface area contributed by atoms with Crippen LogP contribution in [0.15, 0.2) is 42.5 Å². The average Bonchev–Trinajstić information content (AvgIpc) is 2.59. The Labute approximate surface area is 144 Å². The first kappa shape index (κ1) is 17.7. The monoisotopic (exact) mass is 348 g/mol. The lowest BCUT2D eigenvalue weighted by atomic mass is 10.1. The van der Waals surface area contributed by atoms with E-state index in [-0.39, 0.29) is 28.2 Å². The molecule has 0 aliphatic rings. The van der Waals surface area contributed by atoms with Crippen molar-refractivity contribution in [3.63, 3.8) is 0 Å². The van der Waals surface area contributed by atoms with E-state index in [1.54, 1.807) is 14.2 Å². The first-order valence-electron chi connectivity index (χ1n) is 7.20. The standard InChI is InChI=1S/C17H17ClN2O4/c1-11(12-4-7-14(24-3)8-5-12)19(2)17(21)15-9-6-13(20(22)23)10-16(15)18/h4-11H,1-3H3. The molecular weight excluding hydrogens is 332 g/mol. The van der Waals surface area contributed by atoms with E-state index < -0.39 is 4.92 Å². The van der Waals surface area contributed by atoms with Crippen molar-refractivity contribution in [1.82, 2.24) is 4.90 Å². The summed E-state index contributed by atoms with van der Waals surface area (Å²) in [4.78, 5) is 24.4. The van der Waals surface area contributed by atoms with Crippen molar-refractivity contribution in [3.05, 3.63) is 68.7 Å². The number of benzene rings is 2. The van der Waals surface area contributed by atoms with Gasteiger partial charge < -0.3 is 9.64 Å². The van der Waals surface area contributed by atoms with Gasteiger partial charge in [0.1, 0.15) is 5.75 Å². The van der Waals surface area contributed by atoms with Crippen molar-refractivity contribution < 1.29 is 14.5 Å². The van der Waals surface area contributed by atoms with Gasteiger partial charge in [0.25, 0.3) is 11.6 Å². The highest BCUT2D eigenvalue weighted by atomic mass is 35.5. The molecule has 0 aliphatic heterocycles. The van der Waals surface area contributed by atoms with Crippen LogP contribution in [0.2, 0.25) is 5.02 Å². The summed E-state index contributed by atoms with van der Waals surface area (Å²) in [7, 11) is 3.25. The van der Waals surface area contributed by atoms with E-state index in [4.69, 9.17) is 16.3 Å². The normalized spacial score (nSPS) is 11.7. The lowest BCUT2D eigenvalue weighted by Crippen LogP contribution is -2.29. The highest BCUT2D eigenvalue weighted by molar-refractivity contribution is 6.34. The molecule has 1 amide bonds. The molecule has 2 aromatic carbocycles. The van der Waals surface area contributed by atoms with Gasteiger partial charge in [-0.25, -0.2) is 0 Å². The van der Waals surface area contributed by atoms with Gasteiger partial charge in [-0.15, -0.1) is 0 Å². The summed E-state index contributed by atoms with van der Waals surface area (Å²) in [5.74, 6) is 0.427. The number of halogens is 1. The zero-order valence-corrected chi connectivity index (χ0v) is 14.3. The molecule has 1 atom stereocenters. The van der Waals surface area contributed by atoms with Crippen molar-refractivity contribution in [2.24, 2.45) is 0 Å². The molecule has 0 aromatic heterocycles. The van der Waals surface area contributed by atoms with Crippen molar-refractivity contribution in [1.29, 1.82) is 0 Å². The fourth-order valence-corrected chi connectivity index (χ4v) is 2.52. The van der Waals surface area contributed by atoms with E-state index in [0.717, 1.165) is 11.3 Å². The number of hydrogen-bond acceptors (Lipinski definition) is 4. The topological polar surface area (TPSA) is 72.7 Å². The predicted molar refractivity (Wildman–Crippen MR) is 91.6 cm³/mol. The van der Waals surface area contributed by atoms with Crippen LogP contribution in [-0.2, 0) is 0 Å². The molecule has 1 unspecified atom stereocenters. The number of nitro groups is 1. The second kappa shape index (κ2) is 7.31. The zero-order valence-electron chi connectivity index (χ0n) is 13.5. The second-order valence-electron chi connectivity index (χ2n) is 5.29. The Morgan fingerprint density at radius 2 is 1.88 bits per heavy atom. The third-order valence-corrected chi connectivity index (χ3v) is 4.21. The quantitative estimate of drug-likeness (QED) is 0.602. The van der Waals surface area contributed by atoms with Gasteiger partial charge in [-0.3, -0.25) is 14.9 Å². The number of hydrogen-bond donors (Lipinski definition) is 0. The third-order valence-electron chi connectivity index (χ3n) is 3.89. The van der Waals surface area contributed by atoms with Crippen molar-refractivity contribution in [3.8, 4) is 5.75 Å². The van der Waals surface area contributed by atoms with Crippen LogP contribution >= 0.6 is 11.6 Å². The molecular formula is C17H17ClN2O4. The molecule has 7 heteroatoms. The number of carbonyl (C=O) groups excluding carboxylic acids is 1. The maximum absolute atomic E-state index is 12.6. The number of amides is 1. The number of nitro benzene ring substituents is 1. The number of rotatable bonds is 5. The summed E-state index contributed by atoms with van der Waals surface area (Å²) in [6.07, 6.45) is 0. The van der Waals surface area contributed by atoms with Crippen molar-refractivity contribution >= 4 is 23.2 Å². The highest BCUT2D eigenvalue weighted by Crippen LogP contribution is 2.27. The molecule has 0 radical (unpaired) electrons. The molecule has 0 bridgehead atoms. The highest BCUT2D eigenvalue weighted by Gasteiger charge is 2.22. The van der Waals surface area contributed by atoms with Crippen LogP contribution in [0, 0.1) is 10.1 Å². The smallest absolute Gasteiger partial charge is 0.270 e. The lowest BCUT2D eigenvalue weighted by Gasteiger charge is -2.26. The van der Waals surface area contributed by atoms with E-state index in [9.17, 15) is 14.9 Å². The summed E-state index contributed by atoms with van der Waals surface area (Å²) >= 11 is 6.03. The minimum absolute atomic E-state index is 0.0583. The molecule has 6 nitrogen and oxygen atoms in total. The summed E-state index contributed by atoms with van der Waals surface area (Å²) in [5.41, 5.74) is 1.01. The Morgan fingerprint density at radius 3 is 2.38 bits per heavy atom. The Hall–Kier alpha value is -2.60. The summed E-state index contributed by atoms with van der Waals surface area (Å²) in [6.45, 7) is 1.89. The van der Waals surface area contributed by atoms with Crippen LogP contribution in [-0.4, -0.2) is 29.9 Å². The van der Waals surface area contributed by atoms with Crippen LogP contribution in [0.4, 0.5) is 5.69 Å². The van der Waals surface area contributed by atoms with E-state index in [0.29, 0.717) is 0 Å². The molecule has 0 N–H and O–H groups in total. The molecule has 2 aromatic rings. The maximum atomic E-state index is 12.6. The van der Waals surface area contributed by atoms with Gasteiger partial charge in [0, 0.05) is 19.2 Å². The van der Waals surface area contributed by atoms with E-state index >= 15 is 0 Å². The Kier molecular flexibility index (Phi) is 5.41. The van der Waals surface area contributed by atoms with E-state index in [1.807, 2.05) is 31.2 Å². The minimum Gasteiger partial charge on any atom is -0.497 e. The van der Waals surface area contributed by atoms with Crippen LogP contribution in [0.25, 0.3) is 0 Å². The largest absolute Gasteiger partial charge is 0.497 e. The molecule has 2 rings (SSSR count). The minimum atomic E-state index is -0.552. The molecule has 0 aliphatic carbocycles. The van der Waals surface area contributed by atoms with Crippen molar-refractivity contribution in [2.45, 2.75) is 13.0 Å². The molecule has 0 heterocycles. The van der Waals surface area contributed by atoms with Gasteiger partial charge in [0.05, 0.1) is 28.7 Å². The van der Waals surface area contributed by atoms with Crippen LogP contribution in [0.3, 0.4) is 0 Å². The average molecular weight is 349 g/mol. The first-order chi connectivity index (χ1) is 11.3. The van der Waals surface area contributed by atoms with Gasteiger partial charge in [0.15, 0.2) is 0 Å². The van der Waals surface area contributed by atoms with Crippen LogP contribution in [0.1, 0.15) is 28.9 Å². The molecule has 24 heavy (non-hydrogen) atoms. The summed E-state index contributed by atoms with van der Waals surface area (Å²) < 4.78 is 5.12. The lowest BCUT2D eigenvalue weighted by molar-refractivity contribution is -0.384. The van der Waals surface area contributed by atoms with Crippen molar-refractivity contribution in [2.75, 3.05) is 14.2 Å². The number of ether oxygens (including phenoxy) is 1. The molecule has 0 spiro atoms. The maximum Gasteiger partial charge on any atom is 0.270 e. The molecule has 0 fully saturated rings. The number of carbonyl (C=O) groups is 1. The second-order valence-corrected chi connectivity index (χ2v) is 5.69. The van der Waals surface area contributed by atoms with Gasteiger partial charge in [-0.2, -0.15) is 0 Å². The summed E-state index contributed by atoms with van der Waals surface area (Å²) in [5, 5.41) is 10.8. The fraction of sp³-hybridized carbons (Fsp3) is 0.235. The SMILES string of the molecule is COc1ccc(C(C)N(C)C(=O)c2ccc([N+](=O)[O-])cc2Cl)cc1. The fourth-order valence-electron chi connectivity index (χ4n) is 2.26.